The fraction of sp³-hybridized carbons (Fsp3) is 0.176. The third kappa shape index (κ3) is 3.10. The van der Waals surface area contributed by atoms with Crippen LogP contribution in [0.15, 0.2) is 53.5 Å². The van der Waals surface area contributed by atoms with Gasteiger partial charge in [-0.05, 0) is 36.4 Å². The van der Waals surface area contributed by atoms with Gasteiger partial charge in [0.15, 0.2) is 11.4 Å². The Morgan fingerprint density at radius 3 is 2.54 bits per heavy atom. The molecule has 1 aromatic carbocycles. The number of hydrogen-bond donors (Lipinski definition) is 1. The van der Waals surface area contributed by atoms with E-state index in [0.717, 1.165) is 4.68 Å². The number of carbonyl (C=O) groups excluding carboxylic acids is 2. The topological polar surface area (TPSA) is 85.5 Å². The van der Waals surface area contributed by atoms with Crippen LogP contribution >= 0.6 is 0 Å². The molecule has 1 amide bonds. The van der Waals surface area contributed by atoms with Crippen LogP contribution in [-0.4, -0.2) is 25.9 Å². The summed E-state index contributed by atoms with van der Waals surface area (Å²) in [7, 11) is 0. The second-order valence-corrected chi connectivity index (χ2v) is 5.27. The van der Waals surface area contributed by atoms with Crippen molar-refractivity contribution in [3.63, 3.8) is 0 Å². The number of anilines is 1. The van der Waals surface area contributed by atoms with Crippen LogP contribution in [0, 0.1) is 0 Å². The first-order chi connectivity index (χ1) is 11.6. The van der Waals surface area contributed by atoms with Crippen LogP contribution < -0.4 is 11.0 Å². The summed E-state index contributed by atoms with van der Waals surface area (Å²) in [6.45, 7) is 1.63. The van der Waals surface area contributed by atoms with Crippen molar-refractivity contribution in [3.8, 4) is 0 Å². The van der Waals surface area contributed by atoms with E-state index in [1.807, 2.05) is 0 Å². The number of ketones is 1. The first kappa shape index (κ1) is 15.7. The number of pyridine rings is 1. The van der Waals surface area contributed by atoms with Crippen LogP contribution in [0.4, 0.5) is 5.69 Å². The predicted octanol–water partition coefficient (Wildman–Crippen LogP) is 1.73. The van der Waals surface area contributed by atoms with Crippen molar-refractivity contribution < 1.29 is 9.59 Å². The van der Waals surface area contributed by atoms with Crippen LogP contribution in [0.5, 0.6) is 0 Å². The van der Waals surface area contributed by atoms with Crippen LogP contribution in [0.3, 0.4) is 0 Å². The number of carbonyl (C=O) groups is 2. The molecule has 0 saturated heterocycles. The Kier molecular flexibility index (Phi) is 4.24. The van der Waals surface area contributed by atoms with E-state index in [-0.39, 0.29) is 23.9 Å². The molecular weight excluding hydrogens is 308 g/mol. The Bertz CT molecular complexity index is 954. The number of benzene rings is 1. The molecule has 2 heterocycles. The molecule has 0 radical (unpaired) electrons. The minimum Gasteiger partial charge on any atom is -0.326 e. The van der Waals surface area contributed by atoms with Crippen molar-refractivity contribution in [3.05, 3.63) is 64.7 Å². The minimum atomic E-state index is -0.356. The molecule has 0 bridgehead atoms. The normalized spacial score (nSPS) is 10.7. The molecule has 0 aliphatic carbocycles. The molecule has 0 atom stereocenters. The molecule has 2 aromatic heterocycles. The minimum absolute atomic E-state index is 0.0923. The van der Waals surface area contributed by atoms with Gasteiger partial charge in [0.2, 0.25) is 5.91 Å². The van der Waals surface area contributed by atoms with E-state index in [9.17, 15) is 14.4 Å². The lowest BCUT2D eigenvalue weighted by Gasteiger charge is -2.05. The van der Waals surface area contributed by atoms with Gasteiger partial charge in [0.05, 0.1) is 0 Å². The summed E-state index contributed by atoms with van der Waals surface area (Å²) in [6, 6.07) is 11.8. The lowest BCUT2D eigenvalue weighted by atomic mass is 10.1. The van der Waals surface area contributed by atoms with Crippen LogP contribution in [0.2, 0.25) is 0 Å². The molecule has 24 heavy (non-hydrogen) atoms. The van der Waals surface area contributed by atoms with E-state index in [1.165, 1.54) is 4.40 Å². The van der Waals surface area contributed by atoms with E-state index in [4.69, 9.17) is 0 Å². The quantitative estimate of drug-likeness (QED) is 0.724. The van der Waals surface area contributed by atoms with Crippen LogP contribution in [0.1, 0.15) is 23.7 Å². The number of nitrogens with zero attached hydrogens (tertiary/aromatic N) is 3. The number of Topliss-reactive ketones (excluding diaryl/α,β-unsaturated/α-hetero) is 1. The predicted molar refractivity (Wildman–Crippen MR) is 89.1 cm³/mol. The summed E-state index contributed by atoms with van der Waals surface area (Å²) in [6.07, 6.45) is 1.99. The maximum absolute atomic E-state index is 12.3. The maximum Gasteiger partial charge on any atom is 0.350 e. The first-order valence-electron chi connectivity index (χ1n) is 7.56. The van der Waals surface area contributed by atoms with Crippen molar-refractivity contribution in [1.29, 1.82) is 0 Å². The zero-order valence-corrected chi connectivity index (χ0v) is 13.1. The fourth-order valence-corrected chi connectivity index (χ4v) is 2.29. The molecule has 0 fully saturated rings. The highest BCUT2D eigenvalue weighted by Gasteiger charge is 2.12. The smallest absolute Gasteiger partial charge is 0.326 e. The second-order valence-electron chi connectivity index (χ2n) is 5.27. The molecule has 7 nitrogen and oxygen atoms in total. The average Bonchev–Trinajstić information content (AvgIpc) is 2.91. The highest BCUT2D eigenvalue weighted by atomic mass is 16.2. The molecule has 122 valence electrons. The van der Waals surface area contributed by atoms with E-state index >= 15 is 0 Å². The van der Waals surface area contributed by atoms with Crippen molar-refractivity contribution >= 4 is 23.0 Å². The van der Waals surface area contributed by atoms with E-state index < -0.39 is 0 Å². The summed E-state index contributed by atoms with van der Waals surface area (Å²) in [5.74, 6) is -0.320. The van der Waals surface area contributed by atoms with Crippen molar-refractivity contribution in [2.75, 3.05) is 5.32 Å². The lowest BCUT2D eigenvalue weighted by molar-refractivity contribution is -0.115. The van der Waals surface area contributed by atoms with Crippen molar-refractivity contribution in [1.82, 2.24) is 14.2 Å². The van der Waals surface area contributed by atoms with Crippen LogP contribution in [0.25, 0.3) is 5.65 Å². The Morgan fingerprint density at radius 1 is 1.12 bits per heavy atom. The number of rotatable bonds is 5. The van der Waals surface area contributed by atoms with Gasteiger partial charge in [0.25, 0.3) is 0 Å². The van der Waals surface area contributed by atoms with Gasteiger partial charge in [-0.2, -0.15) is 0 Å². The van der Waals surface area contributed by atoms with Gasteiger partial charge in [0.1, 0.15) is 6.54 Å². The zero-order valence-electron chi connectivity index (χ0n) is 13.1. The van der Waals surface area contributed by atoms with Gasteiger partial charge in [-0.15, -0.1) is 5.10 Å². The third-order valence-electron chi connectivity index (χ3n) is 3.59. The monoisotopic (exact) mass is 324 g/mol. The third-order valence-corrected chi connectivity index (χ3v) is 3.59. The summed E-state index contributed by atoms with van der Waals surface area (Å²) in [5, 5.41) is 6.85. The SMILES string of the molecule is CCC(=O)Nc1ccc(C(=O)Cn2nc3ccccn3c2=O)cc1. The molecule has 3 aromatic rings. The van der Waals surface area contributed by atoms with Gasteiger partial charge in [-0.1, -0.05) is 13.0 Å². The molecule has 7 heteroatoms. The Hall–Kier alpha value is -3.22. The summed E-state index contributed by atoms with van der Waals surface area (Å²) in [5.41, 5.74) is 1.22. The zero-order chi connectivity index (χ0) is 17.1. The maximum atomic E-state index is 12.3. The molecule has 0 aliphatic heterocycles. The molecule has 1 N–H and O–H groups in total. The van der Waals surface area contributed by atoms with Gasteiger partial charge in [-0.3, -0.25) is 14.0 Å². The van der Waals surface area contributed by atoms with Gasteiger partial charge < -0.3 is 5.32 Å². The second kappa shape index (κ2) is 6.49. The first-order valence-corrected chi connectivity index (χ1v) is 7.56. The Labute approximate surface area is 137 Å². The van der Waals surface area contributed by atoms with Gasteiger partial charge in [-0.25, -0.2) is 9.48 Å². The molecule has 0 unspecified atom stereocenters. The molecule has 0 spiro atoms. The number of amides is 1. The summed E-state index contributed by atoms with van der Waals surface area (Å²) >= 11 is 0. The number of hydrogen-bond acceptors (Lipinski definition) is 4. The molecule has 3 rings (SSSR count). The van der Waals surface area contributed by atoms with Crippen LogP contribution in [-0.2, 0) is 11.3 Å². The summed E-state index contributed by atoms with van der Waals surface area (Å²) < 4.78 is 2.53. The number of fused-ring (bicyclic) bond motifs is 1. The standard InChI is InChI=1S/C17H16N4O3/c1-2-16(23)18-13-8-6-12(7-9-13)14(22)11-21-17(24)20-10-4-3-5-15(20)19-21/h3-10H,2,11H2,1H3,(H,18,23). The molecule has 0 aliphatic rings. The number of nitrogens with one attached hydrogen (secondary N) is 1. The van der Waals surface area contributed by atoms with E-state index in [2.05, 4.69) is 10.4 Å². The highest BCUT2D eigenvalue weighted by Crippen LogP contribution is 2.11. The summed E-state index contributed by atoms with van der Waals surface area (Å²) in [4.78, 5) is 35.8. The van der Waals surface area contributed by atoms with E-state index in [1.54, 1.807) is 55.6 Å². The van der Waals surface area contributed by atoms with Crippen molar-refractivity contribution in [2.45, 2.75) is 19.9 Å². The number of aromatic nitrogens is 3. The Morgan fingerprint density at radius 2 is 1.88 bits per heavy atom. The average molecular weight is 324 g/mol. The molecule has 0 saturated carbocycles. The van der Waals surface area contributed by atoms with E-state index in [0.29, 0.717) is 23.3 Å². The Balaban J connectivity index is 1.78. The lowest BCUT2D eigenvalue weighted by Crippen LogP contribution is -2.25. The highest BCUT2D eigenvalue weighted by molar-refractivity contribution is 5.97. The fourth-order valence-electron chi connectivity index (χ4n) is 2.29. The van der Waals surface area contributed by atoms with Gasteiger partial charge >= 0.3 is 5.69 Å². The largest absolute Gasteiger partial charge is 0.350 e. The van der Waals surface area contributed by atoms with Gasteiger partial charge in [0, 0.05) is 23.9 Å². The molecular formula is C17H16N4O3. The van der Waals surface area contributed by atoms with Crippen molar-refractivity contribution in [2.24, 2.45) is 0 Å².